The Kier molecular flexibility index (Phi) is 3.63. The smallest absolute Gasteiger partial charge is 0.264 e. The summed E-state index contributed by atoms with van der Waals surface area (Å²) < 4.78 is 5.80. The van der Waals surface area contributed by atoms with Crippen molar-refractivity contribution in [3.63, 3.8) is 0 Å². The zero-order chi connectivity index (χ0) is 12.5. The number of fused-ring (bicyclic) bond motifs is 1. The van der Waals surface area contributed by atoms with E-state index in [1.807, 2.05) is 16.3 Å². The standard InChI is InChI=1S/C13H17NO2S2/c15-13(12-7-9(17)8-18-12)14-5-6-16-11-4-2-1-3-10(11)14/h7-8,10-11,17H,1-6H2. The molecule has 3 nitrogen and oxygen atoms in total. The van der Waals surface area contributed by atoms with Crippen molar-refractivity contribution in [1.82, 2.24) is 4.90 Å². The monoisotopic (exact) mass is 283 g/mol. The number of ether oxygens (including phenoxy) is 1. The molecule has 0 bridgehead atoms. The van der Waals surface area contributed by atoms with Crippen molar-refractivity contribution in [1.29, 1.82) is 0 Å². The van der Waals surface area contributed by atoms with Gasteiger partial charge in [-0.3, -0.25) is 4.79 Å². The van der Waals surface area contributed by atoms with Crippen LogP contribution < -0.4 is 0 Å². The van der Waals surface area contributed by atoms with Crippen molar-refractivity contribution < 1.29 is 9.53 Å². The molecule has 0 spiro atoms. The van der Waals surface area contributed by atoms with Crippen LogP contribution in [0.5, 0.6) is 0 Å². The Morgan fingerprint density at radius 3 is 3.06 bits per heavy atom. The molecule has 98 valence electrons. The molecule has 0 N–H and O–H groups in total. The van der Waals surface area contributed by atoms with Gasteiger partial charge in [0.25, 0.3) is 5.91 Å². The average molecular weight is 283 g/mol. The van der Waals surface area contributed by atoms with E-state index in [0.29, 0.717) is 6.61 Å². The normalized spacial score (nSPS) is 27.9. The molecule has 3 rings (SSSR count). The predicted octanol–water partition coefficient (Wildman–Crippen LogP) is 2.82. The Morgan fingerprint density at radius 2 is 2.28 bits per heavy atom. The Labute approximate surface area is 117 Å². The minimum Gasteiger partial charge on any atom is -0.374 e. The molecular weight excluding hydrogens is 266 g/mol. The van der Waals surface area contributed by atoms with Crippen molar-refractivity contribution in [3.05, 3.63) is 16.3 Å². The summed E-state index contributed by atoms with van der Waals surface area (Å²) in [6, 6.07) is 2.15. The lowest BCUT2D eigenvalue weighted by Crippen LogP contribution is -2.54. The molecule has 2 atom stereocenters. The number of carbonyl (C=O) groups excluding carboxylic acids is 1. The van der Waals surface area contributed by atoms with Crippen molar-refractivity contribution in [2.24, 2.45) is 0 Å². The van der Waals surface area contributed by atoms with Crippen LogP contribution in [-0.2, 0) is 4.74 Å². The largest absolute Gasteiger partial charge is 0.374 e. The molecule has 5 heteroatoms. The van der Waals surface area contributed by atoms with Crippen LogP contribution in [-0.4, -0.2) is 36.1 Å². The van der Waals surface area contributed by atoms with Crippen LogP contribution in [0.15, 0.2) is 16.3 Å². The van der Waals surface area contributed by atoms with E-state index in [9.17, 15) is 4.79 Å². The first-order valence-corrected chi connectivity index (χ1v) is 7.78. The zero-order valence-electron chi connectivity index (χ0n) is 10.2. The van der Waals surface area contributed by atoms with E-state index in [1.165, 1.54) is 24.2 Å². The highest BCUT2D eigenvalue weighted by Gasteiger charge is 2.37. The van der Waals surface area contributed by atoms with E-state index in [0.717, 1.165) is 29.2 Å². The Hall–Kier alpha value is -0.520. The van der Waals surface area contributed by atoms with Gasteiger partial charge < -0.3 is 9.64 Å². The van der Waals surface area contributed by atoms with E-state index in [4.69, 9.17) is 4.74 Å². The quantitative estimate of drug-likeness (QED) is 0.803. The van der Waals surface area contributed by atoms with E-state index in [2.05, 4.69) is 12.6 Å². The van der Waals surface area contributed by atoms with Crippen LogP contribution in [0, 0.1) is 0 Å². The number of rotatable bonds is 1. The average Bonchev–Trinajstić information content (AvgIpc) is 2.84. The fourth-order valence-corrected chi connectivity index (χ4v) is 4.03. The predicted molar refractivity (Wildman–Crippen MR) is 74.6 cm³/mol. The number of amides is 1. The van der Waals surface area contributed by atoms with Gasteiger partial charge >= 0.3 is 0 Å². The van der Waals surface area contributed by atoms with Crippen LogP contribution >= 0.6 is 24.0 Å². The van der Waals surface area contributed by atoms with Crippen LogP contribution in [0.25, 0.3) is 0 Å². The molecular formula is C13H17NO2S2. The number of morpholine rings is 1. The summed E-state index contributed by atoms with van der Waals surface area (Å²) in [5, 5.41) is 1.91. The topological polar surface area (TPSA) is 29.5 Å². The fourth-order valence-electron chi connectivity index (χ4n) is 2.93. The molecule has 0 radical (unpaired) electrons. The second-order valence-electron chi connectivity index (χ2n) is 4.93. The minimum absolute atomic E-state index is 0.153. The highest BCUT2D eigenvalue weighted by Crippen LogP contribution is 2.30. The minimum atomic E-state index is 0.153. The van der Waals surface area contributed by atoms with E-state index >= 15 is 0 Å². The molecule has 1 aliphatic heterocycles. The third kappa shape index (κ3) is 2.31. The molecule has 2 aliphatic rings. The van der Waals surface area contributed by atoms with Gasteiger partial charge in [-0.1, -0.05) is 12.8 Å². The molecule has 1 aromatic rings. The summed E-state index contributed by atoms with van der Waals surface area (Å²) in [5.74, 6) is 0.153. The van der Waals surface area contributed by atoms with Gasteiger partial charge in [-0.25, -0.2) is 0 Å². The van der Waals surface area contributed by atoms with Crippen molar-refractivity contribution >= 4 is 29.9 Å². The summed E-state index contributed by atoms with van der Waals surface area (Å²) in [4.78, 5) is 16.2. The van der Waals surface area contributed by atoms with E-state index in [1.54, 1.807) is 0 Å². The summed E-state index contributed by atoms with van der Waals surface area (Å²) in [5.41, 5.74) is 0. The molecule has 2 fully saturated rings. The third-order valence-corrected chi connectivity index (χ3v) is 5.14. The highest BCUT2D eigenvalue weighted by atomic mass is 32.1. The second kappa shape index (κ2) is 5.23. The number of nitrogens with zero attached hydrogens (tertiary/aromatic N) is 1. The van der Waals surface area contributed by atoms with E-state index < -0.39 is 0 Å². The fraction of sp³-hybridized carbons (Fsp3) is 0.615. The third-order valence-electron chi connectivity index (χ3n) is 3.79. The molecule has 2 heterocycles. The molecule has 1 aliphatic carbocycles. The van der Waals surface area contributed by atoms with E-state index in [-0.39, 0.29) is 18.1 Å². The second-order valence-corrected chi connectivity index (χ2v) is 6.36. The molecule has 1 saturated heterocycles. The molecule has 1 aromatic heterocycles. The molecule has 1 amide bonds. The number of hydrogen-bond acceptors (Lipinski definition) is 4. The zero-order valence-corrected chi connectivity index (χ0v) is 11.9. The summed E-state index contributed by atoms with van der Waals surface area (Å²) >= 11 is 5.75. The number of thiol groups is 1. The number of hydrogen-bond donors (Lipinski definition) is 1. The number of carbonyl (C=O) groups is 1. The first kappa shape index (κ1) is 12.5. The van der Waals surface area contributed by atoms with Crippen LogP contribution in [0.4, 0.5) is 0 Å². The van der Waals surface area contributed by atoms with Crippen molar-refractivity contribution in [2.45, 2.75) is 42.7 Å². The summed E-state index contributed by atoms with van der Waals surface area (Å²) in [6.45, 7) is 1.39. The van der Waals surface area contributed by atoms with Crippen LogP contribution in [0.2, 0.25) is 0 Å². The lowest BCUT2D eigenvalue weighted by atomic mass is 9.90. The molecule has 2 unspecified atom stereocenters. The Morgan fingerprint density at radius 1 is 1.44 bits per heavy atom. The van der Waals surface area contributed by atoms with Gasteiger partial charge in [0, 0.05) is 16.8 Å². The molecule has 1 saturated carbocycles. The Bertz CT molecular complexity index is 444. The lowest BCUT2D eigenvalue weighted by molar-refractivity contribution is -0.0751. The summed E-state index contributed by atoms with van der Waals surface area (Å²) in [7, 11) is 0. The van der Waals surface area contributed by atoms with Crippen LogP contribution in [0.1, 0.15) is 35.4 Å². The van der Waals surface area contributed by atoms with Gasteiger partial charge in [0.15, 0.2) is 0 Å². The lowest BCUT2D eigenvalue weighted by Gasteiger charge is -2.43. The van der Waals surface area contributed by atoms with Crippen molar-refractivity contribution in [2.75, 3.05) is 13.2 Å². The van der Waals surface area contributed by atoms with Gasteiger partial charge in [0.1, 0.15) is 0 Å². The maximum Gasteiger partial charge on any atom is 0.264 e. The van der Waals surface area contributed by atoms with Crippen LogP contribution in [0.3, 0.4) is 0 Å². The van der Waals surface area contributed by atoms with Gasteiger partial charge in [-0.15, -0.1) is 24.0 Å². The molecule has 18 heavy (non-hydrogen) atoms. The van der Waals surface area contributed by atoms with Gasteiger partial charge in [-0.2, -0.15) is 0 Å². The first-order chi connectivity index (χ1) is 8.75. The molecule has 0 aromatic carbocycles. The number of thiophene rings is 1. The maximum atomic E-state index is 12.5. The van der Waals surface area contributed by atoms with Gasteiger partial charge in [-0.05, 0) is 18.9 Å². The maximum absolute atomic E-state index is 12.5. The van der Waals surface area contributed by atoms with Gasteiger partial charge in [0.2, 0.25) is 0 Å². The Balaban J connectivity index is 1.79. The summed E-state index contributed by atoms with van der Waals surface area (Å²) in [6.07, 6.45) is 4.86. The highest BCUT2D eigenvalue weighted by molar-refractivity contribution is 7.80. The van der Waals surface area contributed by atoms with Gasteiger partial charge in [0.05, 0.1) is 23.6 Å². The first-order valence-electron chi connectivity index (χ1n) is 6.46. The SMILES string of the molecule is O=C(c1cc(S)cs1)N1CCOC2CCCCC21. The van der Waals surface area contributed by atoms with Crippen molar-refractivity contribution in [3.8, 4) is 0 Å².